The highest BCUT2D eigenvalue weighted by Crippen LogP contribution is 2.20. The van der Waals surface area contributed by atoms with E-state index in [2.05, 4.69) is 20.4 Å². The van der Waals surface area contributed by atoms with E-state index in [1.54, 1.807) is 48.8 Å². The quantitative estimate of drug-likeness (QED) is 0.346. The molecule has 144 valence electrons. The smallest absolute Gasteiger partial charge is 0.423 e. The highest BCUT2D eigenvalue weighted by Gasteiger charge is 2.14. The fourth-order valence-electron chi connectivity index (χ4n) is 3.03. The van der Waals surface area contributed by atoms with Crippen molar-refractivity contribution >= 4 is 35.2 Å². The van der Waals surface area contributed by atoms with Crippen molar-refractivity contribution in [3.63, 3.8) is 0 Å². The van der Waals surface area contributed by atoms with Crippen molar-refractivity contribution in [3.05, 3.63) is 72.1 Å². The second kappa shape index (κ2) is 7.70. The van der Waals surface area contributed by atoms with E-state index in [9.17, 15) is 14.8 Å². The third-order valence-corrected chi connectivity index (χ3v) is 4.43. The van der Waals surface area contributed by atoms with Gasteiger partial charge in [-0.05, 0) is 29.2 Å². The molecule has 0 bridgehead atoms. The molecule has 0 aliphatic rings. The van der Waals surface area contributed by atoms with E-state index in [0.717, 1.165) is 5.56 Å². The maximum absolute atomic E-state index is 11.6. The molecule has 29 heavy (non-hydrogen) atoms. The summed E-state index contributed by atoms with van der Waals surface area (Å²) in [7, 11) is -1.51. The Morgan fingerprint density at radius 3 is 2.79 bits per heavy atom. The van der Waals surface area contributed by atoms with Gasteiger partial charge in [-0.15, -0.1) is 0 Å². The molecule has 0 radical (unpaired) electrons. The number of carbonyl (C=O) groups excluding carboxylic acids is 1. The first-order valence-electron chi connectivity index (χ1n) is 8.82. The number of primary amides is 1. The molecule has 0 saturated heterocycles. The number of nitrogens with two attached hydrogens (primary N) is 1. The Labute approximate surface area is 166 Å². The molecule has 5 N–H and O–H groups in total. The second-order valence-electron chi connectivity index (χ2n) is 6.37. The van der Waals surface area contributed by atoms with Crippen LogP contribution in [0.2, 0.25) is 0 Å². The SMILES string of the molecule is NC(=O)c1cccc2c1cnn2-c1nccc(NCc2cccc(B(O)O)c2)n1. The van der Waals surface area contributed by atoms with Gasteiger partial charge in [-0.1, -0.05) is 30.3 Å². The first-order chi connectivity index (χ1) is 14.0. The number of benzene rings is 2. The minimum atomic E-state index is -1.51. The molecule has 2 heterocycles. The number of hydrogen-bond acceptors (Lipinski definition) is 7. The molecule has 4 aromatic rings. The lowest BCUT2D eigenvalue weighted by Crippen LogP contribution is -2.30. The molecule has 2 aromatic carbocycles. The van der Waals surface area contributed by atoms with Crippen LogP contribution in [0, 0.1) is 0 Å². The molecule has 0 aliphatic heterocycles. The first-order valence-corrected chi connectivity index (χ1v) is 8.82. The average molecular weight is 388 g/mol. The summed E-state index contributed by atoms with van der Waals surface area (Å²) in [5.74, 6) is 0.382. The van der Waals surface area contributed by atoms with Crippen LogP contribution in [-0.4, -0.2) is 42.8 Å². The van der Waals surface area contributed by atoms with E-state index in [1.807, 2.05) is 12.1 Å². The van der Waals surface area contributed by atoms with Crippen LogP contribution in [0.25, 0.3) is 16.9 Å². The van der Waals surface area contributed by atoms with Gasteiger partial charge >= 0.3 is 7.12 Å². The first kappa shape index (κ1) is 18.6. The van der Waals surface area contributed by atoms with Crippen LogP contribution in [0.5, 0.6) is 0 Å². The summed E-state index contributed by atoms with van der Waals surface area (Å²) in [6, 6.07) is 13.9. The van der Waals surface area contributed by atoms with Crippen molar-refractivity contribution in [1.29, 1.82) is 0 Å². The van der Waals surface area contributed by atoms with Crippen molar-refractivity contribution in [2.45, 2.75) is 6.54 Å². The molecule has 2 aromatic heterocycles. The van der Waals surface area contributed by atoms with Crippen molar-refractivity contribution in [2.75, 3.05) is 5.32 Å². The summed E-state index contributed by atoms with van der Waals surface area (Å²) in [6.07, 6.45) is 3.16. The average Bonchev–Trinajstić information content (AvgIpc) is 3.17. The molecule has 0 fully saturated rings. The predicted molar refractivity (Wildman–Crippen MR) is 109 cm³/mol. The van der Waals surface area contributed by atoms with Crippen LogP contribution < -0.4 is 16.5 Å². The zero-order valence-electron chi connectivity index (χ0n) is 15.2. The van der Waals surface area contributed by atoms with Gasteiger partial charge in [0.15, 0.2) is 0 Å². The maximum atomic E-state index is 11.6. The lowest BCUT2D eigenvalue weighted by atomic mass is 9.80. The molecule has 4 rings (SSSR count). The molecular weight excluding hydrogens is 371 g/mol. The van der Waals surface area contributed by atoms with Gasteiger partial charge in [-0.2, -0.15) is 14.8 Å². The van der Waals surface area contributed by atoms with E-state index in [4.69, 9.17) is 5.73 Å². The molecule has 0 atom stereocenters. The maximum Gasteiger partial charge on any atom is 0.488 e. The summed E-state index contributed by atoms with van der Waals surface area (Å²) in [5, 5.41) is 26.7. The van der Waals surface area contributed by atoms with Crippen molar-refractivity contribution in [1.82, 2.24) is 19.7 Å². The van der Waals surface area contributed by atoms with E-state index < -0.39 is 13.0 Å². The van der Waals surface area contributed by atoms with Crippen LogP contribution in [0.3, 0.4) is 0 Å². The van der Waals surface area contributed by atoms with E-state index in [-0.39, 0.29) is 0 Å². The van der Waals surface area contributed by atoms with Crippen LogP contribution in [-0.2, 0) is 6.54 Å². The topological polar surface area (TPSA) is 139 Å². The number of aromatic nitrogens is 4. The second-order valence-corrected chi connectivity index (χ2v) is 6.37. The standard InChI is InChI=1S/C19H17BN6O3/c21-18(27)14-5-2-6-16-15(14)11-24-26(16)19-22-8-7-17(25-19)23-10-12-3-1-4-13(9-12)20(28)29/h1-9,11,28-29H,10H2,(H2,21,27)(H,22,23,25). The van der Waals surface area contributed by atoms with Gasteiger partial charge in [-0.25, -0.2) is 4.98 Å². The number of carbonyl (C=O) groups is 1. The van der Waals surface area contributed by atoms with Crippen LogP contribution in [0.4, 0.5) is 5.82 Å². The van der Waals surface area contributed by atoms with Gasteiger partial charge in [-0.3, -0.25) is 4.79 Å². The Balaban J connectivity index is 1.60. The number of amides is 1. The van der Waals surface area contributed by atoms with Crippen LogP contribution in [0.15, 0.2) is 60.9 Å². The Bertz CT molecular complexity index is 1190. The third-order valence-electron chi connectivity index (χ3n) is 4.43. The number of hydrogen-bond donors (Lipinski definition) is 4. The summed E-state index contributed by atoms with van der Waals surface area (Å²) in [5.41, 5.74) is 7.76. The molecule has 0 unspecified atom stereocenters. The fraction of sp³-hybridized carbons (Fsp3) is 0.0526. The third kappa shape index (κ3) is 3.79. The van der Waals surface area contributed by atoms with Gasteiger partial charge in [0.1, 0.15) is 5.82 Å². The molecule has 0 spiro atoms. The van der Waals surface area contributed by atoms with Gasteiger partial charge in [0.25, 0.3) is 5.95 Å². The molecular formula is C19H17BN6O3. The van der Waals surface area contributed by atoms with E-state index in [0.29, 0.717) is 40.2 Å². The number of rotatable bonds is 6. The van der Waals surface area contributed by atoms with E-state index >= 15 is 0 Å². The normalized spacial score (nSPS) is 10.8. The summed E-state index contributed by atoms with van der Waals surface area (Å²) >= 11 is 0. The highest BCUT2D eigenvalue weighted by atomic mass is 16.4. The van der Waals surface area contributed by atoms with Gasteiger partial charge < -0.3 is 21.1 Å². The minimum absolute atomic E-state index is 0.339. The summed E-state index contributed by atoms with van der Waals surface area (Å²) in [4.78, 5) is 20.4. The van der Waals surface area contributed by atoms with Gasteiger partial charge in [0.2, 0.25) is 5.91 Å². The molecule has 0 aliphatic carbocycles. The zero-order chi connectivity index (χ0) is 20.4. The van der Waals surface area contributed by atoms with Crippen molar-refractivity contribution in [2.24, 2.45) is 5.73 Å². The Kier molecular flexibility index (Phi) is 4.94. The van der Waals surface area contributed by atoms with Gasteiger partial charge in [0.05, 0.1) is 17.3 Å². The number of fused-ring (bicyclic) bond motifs is 1. The van der Waals surface area contributed by atoms with Crippen LogP contribution >= 0.6 is 0 Å². The summed E-state index contributed by atoms with van der Waals surface area (Å²) in [6.45, 7) is 0.433. The largest absolute Gasteiger partial charge is 0.488 e. The fourth-order valence-corrected chi connectivity index (χ4v) is 3.03. The number of nitrogens with one attached hydrogen (secondary N) is 1. The number of anilines is 1. The molecule has 1 amide bonds. The Morgan fingerprint density at radius 1 is 1.17 bits per heavy atom. The Morgan fingerprint density at radius 2 is 2.00 bits per heavy atom. The Hall–Kier alpha value is -3.76. The van der Waals surface area contributed by atoms with Crippen molar-refractivity contribution < 1.29 is 14.8 Å². The lowest BCUT2D eigenvalue weighted by molar-refractivity contribution is 0.100. The monoisotopic (exact) mass is 388 g/mol. The summed E-state index contributed by atoms with van der Waals surface area (Å²) < 4.78 is 1.54. The minimum Gasteiger partial charge on any atom is -0.423 e. The van der Waals surface area contributed by atoms with E-state index in [1.165, 1.54) is 4.68 Å². The van der Waals surface area contributed by atoms with Gasteiger partial charge in [0, 0.05) is 18.1 Å². The molecule has 9 nitrogen and oxygen atoms in total. The van der Waals surface area contributed by atoms with Crippen LogP contribution in [0.1, 0.15) is 15.9 Å². The molecule has 10 heteroatoms. The predicted octanol–water partition coefficient (Wildman–Crippen LogP) is 0.206. The lowest BCUT2D eigenvalue weighted by Gasteiger charge is -2.09. The number of nitrogens with zero attached hydrogens (tertiary/aromatic N) is 4. The zero-order valence-corrected chi connectivity index (χ0v) is 15.2. The van der Waals surface area contributed by atoms with Crippen molar-refractivity contribution in [3.8, 4) is 5.95 Å². The highest BCUT2D eigenvalue weighted by molar-refractivity contribution is 6.58. The molecule has 0 saturated carbocycles.